The van der Waals surface area contributed by atoms with Crippen molar-refractivity contribution in [3.8, 4) is 0 Å². The van der Waals surface area contributed by atoms with Gasteiger partial charge in [0.15, 0.2) is 0 Å². The normalized spacial score (nSPS) is 21.4. The van der Waals surface area contributed by atoms with Crippen LogP contribution >= 0.6 is 0 Å². The fourth-order valence-electron chi connectivity index (χ4n) is 3.66. The summed E-state index contributed by atoms with van der Waals surface area (Å²) < 4.78 is 34.2. The van der Waals surface area contributed by atoms with Crippen molar-refractivity contribution in [2.24, 2.45) is 11.8 Å². The topological polar surface area (TPSA) is 55.4 Å². The molecule has 1 N–H and O–H groups in total. The van der Waals surface area contributed by atoms with E-state index in [4.69, 9.17) is 4.74 Å². The summed E-state index contributed by atoms with van der Waals surface area (Å²) in [5.74, 6) is 0.577. The predicted octanol–water partition coefficient (Wildman–Crippen LogP) is 3.96. The van der Waals surface area contributed by atoms with Crippen molar-refractivity contribution >= 4 is 10.0 Å². The van der Waals surface area contributed by atoms with Gasteiger partial charge in [0.05, 0.1) is 18.5 Å². The SMILES string of the molecule is Cc1ccc([C@@H](NS(=O)(=O)C[C@@H](C)COC2CCCC2)C2CC2)cc1. The van der Waals surface area contributed by atoms with Crippen LogP contribution in [0.2, 0.25) is 0 Å². The van der Waals surface area contributed by atoms with Crippen molar-refractivity contribution in [3.05, 3.63) is 35.4 Å². The molecule has 2 saturated carbocycles. The van der Waals surface area contributed by atoms with Gasteiger partial charge in [-0.05, 0) is 50.0 Å². The van der Waals surface area contributed by atoms with E-state index >= 15 is 0 Å². The smallest absolute Gasteiger partial charge is 0.212 e. The van der Waals surface area contributed by atoms with Gasteiger partial charge in [-0.3, -0.25) is 0 Å². The Labute approximate surface area is 152 Å². The zero-order valence-electron chi connectivity index (χ0n) is 15.4. The maximum atomic E-state index is 12.7. The largest absolute Gasteiger partial charge is 0.378 e. The molecule has 0 heterocycles. The van der Waals surface area contributed by atoms with E-state index < -0.39 is 10.0 Å². The van der Waals surface area contributed by atoms with E-state index in [0.717, 1.165) is 31.2 Å². The molecule has 2 aliphatic rings. The molecule has 0 bridgehead atoms. The minimum absolute atomic E-state index is 0.0102. The maximum absolute atomic E-state index is 12.7. The van der Waals surface area contributed by atoms with E-state index in [1.807, 2.05) is 26.0 Å². The molecule has 0 spiro atoms. The summed E-state index contributed by atoms with van der Waals surface area (Å²) >= 11 is 0. The van der Waals surface area contributed by atoms with Crippen LogP contribution in [0.3, 0.4) is 0 Å². The van der Waals surface area contributed by atoms with Gasteiger partial charge >= 0.3 is 0 Å². The van der Waals surface area contributed by atoms with Crippen molar-refractivity contribution in [2.45, 2.75) is 64.5 Å². The van der Waals surface area contributed by atoms with Crippen LogP contribution < -0.4 is 4.72 Å². The molecular weight excluding hydrogens is 334 g/mol. The molecule has 25 heavy (non-hydrogen) atoms. The van der Waals surface area contributed by atoms with Crippen molar-refractivity contribution in [1.29, 1.82) is 0 Å². The number of sulfonamides is 1. The Balaban J connectivity index is 1.55. The van der Waals surface area contributed by atoms with Crippen molar-refractivity contribution in [3.63, 3.8) is 0 Å². The van der Waals surface area contributed by atoms with Crippen LogP contribution in [-0.4, -0.2) is 26.9 Å². The van der Waals surface area contributed by atoms with Crippen LogP contribution in [-0.2, 0) is 14.8 Å². The number of nitrogens with one attached hydrogen (secondary N) is 1. The van der Waals surface area contributed by atoms with Gasteiger partial charge in [0.2, 0.25) is 10.0 Å². The molecule has 4 nitrogen and oxygen atoms in total. The molecule has 2 fully saturated rings. The number of ether oxygens (including phenoxy) is 1. The maximum Gasteiger partial charge on any atom is 0.212 e. The zero-order valence-corrected chi connectivity index (χ0v) is 16.2. The van der Waals surface area contributed by atoms with Crippen molar-refractivity contribution in [2.75, 3.05) is 12.4 Å². The van der Waals surface area contributed by atoms with Crippen LogP contribution in [0.1, 0.15) is 62.6 Å². The van der Waals surface area contributed by atoms with Gasteiger partial charge in [-0.1, -0.05) is 49.6 Å². The predicted molar refractivity (Wildman–Crippen MR) is 101 cm³/mol. The lowest BCUT2D eigenvalue weighted by Crippen LogP contribution is -2.34. The van der Waals surface area contributed by atoms with Crippen LogP contribution in [0, 0.1) is 18.8 Å². The summed E-state index contributed by atoms with van der Waals surface area (Å²) in [6.45, 7) is 4.54. The lowest BCUT2D eigenvalue weighted by atomic mass is 10.0. The monoisotopic (exact) mass is 365 g/mol. The average Bonchev–Trinajstić information content (AvgIpc) is 3.27. The third-order valence-electron chi connectivity index (χ3n) is 5.26. The standard InChI is InChI=1S/C20H31NO3S/c1-15-7-9-17(10-8-15)20(18-11-12-18)21-25(22,23)14-16(2)13-24-19-5-3-4-6-19/h7-10,16,18-21H,3-6,11-14H2,1-2H3/t16-,20+/m0/s1. The summed E-state index contributed by atoms with van der Waals surface area (Å²) in [6, 6.07) is 8.11. The van der Waals surface area contributed by atoms with Gasteiger partial charge < -0.3 is 4.74 Å². The Morgan fingerprint density at radius 2 is 1.76 bits per heavy atom. The van der Waals surface area contributed by atoms with Crippen molar-refractivity contribution < 1.29 is 13.2 Å². The summed E-state index contributed by atoms with van der Waals surface area (Å²) in [4.78, 5) is 0. The molecule has 0 radical (unpaired) electrons. The fraction of sp³-hybridized carbons (Fsp3) is 0.700. The molecule has 2 atom stereocenters. The van der Waals surface area contributed by atoms with E-state index in [9.17, 15) is 8.42 Å². The second-order valence-electron chi connectivity index (χ2n) is 7.97. The molecule has 1 aromatic carbocycles. The second kappa shape index (κ2) is 8.19. The van der Waals surface area contributed by atoms with E-state index in [1.165, 1.54) is 18.4 Å². The first-order chi connectivity index (χ1) is 11.9. The summed E-state index contributed by atoms with van der Waals surface area (Å²) in [5.41, 5.74) is 2.27. The third kappa shape index (κ3) is 5.80. The molecular formula is C20H31NO3S. The molecule has 5 heteroatoms. The van der Waals surface area contributed by atoms with Crippen LogP contribution in [0.5, 0.6) is 0 Å². The number of benzene rings is 1. The summed E-state index contributed by atoms with van der Waals surface area (Å²) in [7, 11) is -3.32. The molecule has 140 valence electrons. The fourth-order valence-corrected chi connectivity index (χ4v) is 5.32. The quantitative estimate of drug-likeness (QED) is 0.721. The van der Waals surface area contributed by atoms with E-state index in [0.29, 0.717) is 18.6 Å². The Morgan fingerprint density at radius 1 is 1.12 bits per heavy atom. The Kier molecular flexibility index (Phi) is 6.18. The van der Waals surface area contributed by atoms with Crippen LogP contribution in [0.15, 0.2) is 24.3 Å². The molecule has 0 saturated heterocycles. The summed E-state index contributed by atoms with van der Waals surface area (Å²) in [6.07, 6.45) is 7.24. The molecule has 2 aliphatic carbocycles. The number of rotatable bonds is 9. The van der Waals surface area contributed by atoms with E-state index in [1.54, 1.807) is 0 Å². The number of aryl methyl sites for hydroxylation is 1. The minimum atomic E-state index is -3.32. The van der Waals surface area contributed by atoms with Gasteiger partial charge in [0.25, 0.3) is 0 Å². The Hall–Kier alpha value is -0.910. The first-order valence-corrected chi connectivity index (χ1v) is 11.3. The molecule has 0 amide bonds. The zero-order chi connectivity index (χ0) is 17.9. The first kappa shape index (κ1) is 18.9. The molecule has 0 unspecified atom stereocenters. The molecule has 0 aromatic heterocycles. The molecule has 1 aromatic rings. The lowest BCUT2D eigenvalue weighted by molar-refractivity contribution is 0.0412. The minimum Gasteiger partial charge on any atom is -0.378 e. The van der Waals surface area contributed by atoms with E-state index in [-0.39, 0.29) is 17.7 Å². The first-order valence-electron chi connectivity index (χ1n) is 9.61. The van der Waals surface area contributed by atoms with Gasteiger partial charge in [-0.2, -0.15) is 0 Å². The van der Waals surface area contributed by atoms with Crippen LogP contribution in [0.25, 0.3) is 0 Å². The highest BCUT2D eigenvalue weighted by Crippen LogP contribution is 2.41. The van der Waals surface area contributed by atoms with E-state index in [2.05, 4.69) is 16.9 Å². The Bertz CT molecular complexity index is 646. The number of hydrogen-bond acceptors (Lipinski definition) is 3. The molecule has 3 rings (SSSR count). The third-order valence-corrected chi connectivity index (χ3v) is 6.88. The highest BCUT2D eigenvalue weighted by Gasteiger charge is 2.35. The van der Waals surface area contributed by atoms with Gasteiger partial charge in [-0.15, -0.1) is 0 Å². The molecule has 0 aliphatic heterocycles. The highest BCUT2D eigenvalue weighted by atomic mass is 32.2. The Morgan fingerprint density at radius 3 is 2.36 bits per heavy atom. The van der Waals surface area contributed by atoms with Crippen LogP contribution in [0.4, 0.5) is 0 Å². The average molecular weight is 366 g/mol. The van der Waals surface area contributed by atoms with Crippen molar-refractivity contribution in [1.82, 2.24) is 4.72 Å². The van der Waals surface area contributed by atoms with Gasteiger partial charge in [-0.25, -0.2) is 13.1 Å². The lowest BCUT2D eigenvalue weighted by Gasteiger charge is -2.21. The highest BCUT2D eigenvalue weighted by molar-refractivity contribution is 7.89. The van der Waals surface area contributed by atoms with Gasteiger partial charge in [0.1, 0.15) is 0 Å². The number of hydrogen-bond donors (Lipinski definition) is 1. The van der Waals surface area contributed by atoms with Gasteiger partial charge in [0, 0.05) is 6.04 Å². The second-order valence-corrected chi connectivity index (χ2v) is 9.77. The summed E-state index contributed by atoms with van der Waals surface area (Å²) in [5, 5.41) is 0.